The Morgan fingerprint density at radius 3 is 3.05 bits per heavy atom. The topological polar surface area (TPSA) is 74.2 Å². The Bertz CT molecular complexity index is 449. The Morgan fingerprint density at radius 1 is 1.60 bits per heavy atom. The van der Waals surface area contributed by atoms with Gasteiger partial charge in [-0.15, -0.1) is 11.3 Å². The molecule has 3 atom stereocenters. The van der Waals surface area contributed by atoms with Crippen molar-refractivity contribution >= 4 is 17.4 Å². The van der Waals surface area contributed by atoms with Gasteiger partial charge in [-0.3, -0.25) is 0 Å². The fraction of sp³-hybridized carbons (Fsp3) is 0.714. The van der Waals surface area contributed by atoms with Gasteiger partial charge in [0, 0.05) is 17.6 Å². The SMILES string of the molecule is Cc1cnc(C(C)NC(=O)NCC2CCCC(O)C2)s1. The number of hydrogen-bond donors (Lipinski definition) is 3. The largest absolute Gasteiger partial charge is 0.393 e. The highest BCUT2D eigenvalue weighted by Crippen LogP contribution is 2.23. The number of rotatable bonds is 4. The second-order valence-corrected chi connectivity index (χ2v) is 6.84. The summed E-state index contributed by atoms with van der Waals surface area (Å²) in [5, 5.41) is 16.3. The summed E-state index contributed by atoms with van der Waals surface area (Å²) in [4.78, 5) is 17.3. The maximum absolute atomic E-state index is 11.8. The van der Waals surface area contributed by atoms with Crippen molar-refractivity contribution in [3.05, 3.63) is 16.1 Å². The van der Waals surface area contributed by atoms with Gasteiger partial charge in [0.2, 0.25) is 0 Å². The van der Waals surface area contributed by atoms with E-state index in [9.17, 15) is 9.90 Å². The minimum absolute atomic E-state index is 0.0781. The molecular formula is C14H23N3O2S. The number of nitrogens with zero attached hydrogens (tertiary/aromatic N) is 1. The van der Waals surface area contributed by atoms with Gasteiger partial charge in [-0.25, -0.2) is 9.78 Å². The van der Waals surface area contributed by atoms with Crippen LogP contribution in [0.15, 0.2) is 6.20 Å². The third-order valence-electron chi connectivity index (χ3n) is 3.66. The molecule has 1 aromatic heterocycles. The molecule has 1 aliphatic carbocycles. The number of nitrogens with one attached hydrogen (secondary N) is 2. The molecule has 0 aliphatic heterocycles. The molecule has 3 N–H and O–H groups in total. The fourth-order valence-electron chi connectivity index (χ4n) is 2.57. The van der Waals surface area contributed by atoms with Gasteiger partial charge in [0.1, 0.15) is 5.01 Å². The van der Waals surface area contributed by atoms with Gasteiger partial charge in [0.15, 0.2) is 0 Å². The molecule has 5 nitrogen and oxygen atoms in total. The van der Waals surface area contributed by atoms with Gasteiger partial charge in [-0.1, -0.05) is 6.42 Å². The van der Waals surface area contributed by atoms with Crippen LogP contribution in [0.2, 0.25) is 0 Å². The van der Waals surface area contributed by atoms with Crippen molar-refractivity contribution in [1.29, 1.82) is 0 Å². The summed E-state index contributed by atoms with van der Waals surface area (Å²) in [5.74, 6) is 0.391. The van der Waals surface area contributed by atoms with Crippen molar-refractivity contribution in [3.63, 3.8) is 0 Å². The molecule has 6 heteroatoms. The highest BCUT2D eigenvalue weighted by Gasteiger charge is 2.21. The van der Waals surface area contributed by atoms with Crippen LogP contribution in [0.3, 0.4) is 0 Å². The summed E-state index contributed by atoms with van der Waals surface area (Å²) in [6, 6.07) is -0.240. The van der Waals surface area contributed by atoms with Crippen molar-refractivity contribution in [1.82, 2.24) is 15.6 Å². The Kier molecular flexibility index (Phi) is 5.37. The van der Waals surface area contributed by atoms with Crippen LogP contribution < -0.4 is 10.6 Å². The van der Waals surface area contributed by atoms with Crippen LogP contribution in [0.1, 0.15) is 48.5 Å². The quantitative estimate of drug-likeness (QED) is 0.798. The second-order valence-electron chi connectivity index (χ2n) is 5.57. The first kappa shape index (κ1) is 15.3. The first-order chi connectivity index (χ1) is 9.54. The lowest BCUT2D eigenvalue weighted by atomic mass is 9.87. The first-order valence-corrected chi connectivity index (χ1v) is 8.01. The maximum Gasteiger partial charge on any atom is 0.315 e. The molecule has 1 aromatic rings. The summed E-state index contributed by atoms with van der Waals surface area (Å²) in [7, 11) is 0. The third-order valence-corrected chi connectivity index (χ3v) is 4.76. The summed E-state index contributed by atoms with van der Waals surface area (Å²) in [6.45, 7) is 4.57. The molecule has 3 unspecified atom stereocenters. The highest BCUT2D eigenvalue weighted by molar-refractivity contribution is 7.11. The Balaban J connectivity index is 1.72. The molecular weight excluding hydrogens is 274 g/mol. The number of aliphatic hydroxyl groups excluding tert-OH is 1. The van der Waals surface area contributed by atoms with Crippen molar-refractivity contribution < 1.29 is 9.90 Å². The van der Waals surface area contributed by atoms with E-state index in [1.54, 1.807) is 11.3 Å². The molecule has 20 heavy (non-hydrogen) atoms. The van der Waals surface area contributed by atoms with Crippen LogP contribution in [0.4, 0.5) is 4.79 Å². The summed E-state index contributed by atoms with van der Waals surface area (Å²) in [6.07, 6.45) is 5.43. The number of hydrogen-bond acceptors (Lipinski definition) is 4. The van der Waals surface area contributed by atoms with Gasteiger partial charge in [0.25, 0.3) is 0 Å². The number of aliphatic hydroxyl groups is 1. The normalized spacial score (nSPS) is 24.1. The average Bonchev–Trinajstić information content (AvgIpc) is 2.83. The van der Waals surface area contributed by atoms with E-state index in [0.717, 1.165) is 35.6 Å². The van der Waals surface area contributed by atoms with Gasteiger partial charge < -0.3 is 15.7 Å². The van der Waals surface area contributed by atoms with Crippen molar-refractivity contribution in [2.75, 3.05) is 6.54 Å². The number of urea groups is 1. The Hall–Kier alpha value is -1.14. The molecule has 2 rings (SSSR count). The van der Waals surface area contributed by atoms with E-state index >= 15 is 0 Å². The predicted octanol–water partition coefficient (Wildman–Crippen LogP) is 2.36. The molecule has 1 aliphatic rings. The average molecular weight is 297 g/mol. The van der Waals surface area contributed by atoms with Crippen LogP contribution in [-0.4, -0.2) is 28.8 Å². The number of carbonyl (C=O) groups excluding carboxylic acids is 1. The lowest BCUT2D eigenvalue weighted by Crippen LogP contribution is -2.40. The van der Waals surface area contributed by atoms with E-state index in [4.69, 9.17) is 0 Å². The number of amides is 2. The zero-order valence-electron chi connectivity index (χ0n) is 12.1. The molecule has 1 heterocycles. The molecule has 0 saturated heterocycles. The lowest BCUT2D eigenvalue weighted by molar-refractivity contribution is 0.101. The van der Waals surface area contributed by atoms with Crippen LogP contribution in [0.5, 0.6) is 0 Å². The van der Waals surface area contributed by atoms with Gasteiger partial charge >= 0.3 is 6.03 Å². The predicted molar refractivity (Wildman–Crippen MR) is 79.8 cm³/mol. The molecule has 112 valence electrons. The first-order valence-electron chi connectivity index (χ1n) is 7.19. The number of aromatic nitrogens is 1. The zero-order valence-corrected chi connectivity index (χ0v) is 12.9. The molecule has 0 radical (unpaired) electrons. The standard InChI is InChI=1S/C14H23N3O2S/c1-9-7-15-13(20-9)10(2)17-14(19)16-8-11-4-3-5-12(18)6-11/h7,10-12,18H,3-6,8H2,1-2H3,(H2,16,17,19). The lowest BCUT2D eigenvalue weighted by Gasteiger charge is -2.26. The minimum atomic E-state index is -0.198. The van der Waals surface area contributed by atoms with E-state index in [-0.39, 0.29) is 18.2 Å². The molecule has 0 spiro atoms. The monoisotopic (exact) mass is 297 g/mol. The second kappa shape index (κ2) is 7.04. The van der Waals surface area contributed by atoms with Gasteiger partial charge in [0.05, 0.1) is 12.1 Å². The van der Waals surface area contributed by atoms with Crippen molar-refractivity contribution in [3.8, 4) is 0 Å². The fourth-order valence-corrected chi connectivity index (χ4v) is 3.34. The van der Waals surface area contributed by atoms with E-state index < -0.39 is 0 Å². The third kappa shape index (κ3) is 4.45. The van der Waals surface area contributed by atoms with Crippen molar-refractivity contribution in [2.24, 2.45) is 5.92 Å². The van der Waals surface area contributed by atoms with E-state index in [1.807, 2.05) is 20.0 Å². The molecule has 2 amide bonds. The smallest absolute Gasteiger partial charge is 0.315 e. The molecule has 0 bridgehead atoms. The molecule has 0 aromatic carbocycles. The van der Waals surface area contributed by atoms with E-state index in [0.29, 0.717) is 12.5 Å². The molecule has 1 fully saturated rings. The van der Waals surface area contributed by atoms with E-state index in [2.05, 4.69) is 15.6 Å². The Labute approximate surface area is 123 Å². The number of aryl methyl sites for hydroxylation is 1. The summed E-state index contributed by atoms with van der Waals surface area (Å²) in [5.41, 5.74) is 0. The molecule has 1 saturated carbocycles. The van der Waals surface area contributed by atoms with Crippen LogP contribution in [-0.2, 0) is 0 Å². The van der Waals surface area contributed by atoms with Crippen LogP contribution in [0.25, 0.3) is 0 Å². The Morgan fingerprint density at radius 2 is 2.40 bits per heavy atom. The summed E-state index contributed by atoms with van der Waals surface area (Å²) < 4.78 is 0. The van der Waals surface area contributed by atoms with Crippen molar-refractivity contribution in [2.45, 2.75) is 51.7 Å². The van der Waals surface area contributed by atoms with E-state index in [1.165, 1.54) is 0 Å². The number of thiazole rings is 1. The van der Waals surface area contributed by atoms with Gasteiger partial charge in [-0.05, 0) is 39.0 Å². The van der Waals surface area contributed by atoms with Crippen LogP contribution in [0, 0.1) is 12.8 Å². The van der Waals surface area contributed by atoms with Crippen LogP contribution >= 0.6 is 11.3 Å². The summed E-state index contributed by atoms with van der Waals surface area (Å²) >= 11 is 1.60. The zero-order chi connectivity index (χ0) is 14.5. The van der Waals surface area contributed by atoms with Gasteiger partial charge in [-0.2, -0.15) is 0 Å². The highest BCUT2D eigenvalue weighted by atomic mass is 32.1. The maximum atomic E-state index is 11.8. The minimum Gasteiger partial charge on any atom is -0.393 e. The number of carbonyl (C=O) groups is 1.